The Balaban J connectivity index is 3.09. The second kappa shape index (κ2) is 4.42. The van der Waals surface area contributed by atoms with E-state index in [1.165, 1.54) is 0 Å². The van der Waals surface area contributed by atoms with Crippen LogP contribution in [0, 0.1) is 0 Å². The van der Waals surface area contributed by atoms with Gasteiger partial charge in [0.05, 0.1) is 10.1 Å². The van der Waals surface area contributed by atoms with Gasteiger partial charge in [0, 0.05) is 0 Å². The van der Waals surface area contributed by atoms with Crippen molar-refractivity contribution in [1.82, 2.24) is 0 Å². The Morgan fingerprint density at radius 3 is 2.29 bits per heavy atom. The van der Waals surface area contributed by atoms with E-state index in [1.807, 2.05) is 6.92 Å². The topological polar surface area (TPSA) is 34.1 Å². The molecule has 0 amide bonds. The molecule has 0 saturated carbocycles. The molecule has 0 spiro atoms. The first-order valence-electron chi connectivity index (χ1n) is 4.51. The standard InChI is InChI=1S/C11H14O2S/c1-3-7-10(2)14(12,13)11-8-5-4-6-9-11/h3-10H,1-2H3/b7-3-. The van der Waals surface area contributed by atoms with Gasteiger partial charge in [-0.25, -0.2) is 8.42 Å². The van der Waals surface area contributed by atoms with Gasteiger partial charge >= 0.3 is 0 Å². The molecule has 0 N–H and O–H groups in total. The van der Waals surface area contributed by atoms with Crippen molar-refractivity contribution in [3.63, 3.8) is 0 Å². The predicted molar refractivity (Wildman–Crippen MR) is 57.9 cm³/mol. The van der Waals surface area contributed by atoms with E-state index >= 15 is 0 Å². The molecule has 14 heavy (non-hydrogen) atoms. The van der Waals surface area contributed by atoms with Gasteiger partial charge in [-0.3, -0.25) is 0 Å². The maximum Gasteiger partial charge on any atom is 0.184 e. The molecule has 0 aromatic heterocycles. The number of benzene rings is 1. The van der Waals surface area contributed by atoms with E-state index in [2.05, 4.69) is 0 Å². The third-order valence-electron chi connectivity index (χ3n) is 2.02. The van der Waals surface area contributed by atoms with Gasteiger partial charge in [-0.1, -0.05) is 30.4 Å². The minimum atomic E-state index is -3.19. The normalized spacial score (nSPS) is 14.4. The van der Waals surface area contributed by atoms with Crippen LogP contribution in [0.2, 0.25) is 0 Å². The van der Waals surface area contributed by atoms with Crippen molar-refractivity contribution in [1.29, 1.82) is 0 Å². The van der Waals surface area contributed by atoms with Gasteiger partial charge in [0.15, 0.2) is 9.84 Å². The number of hydrogen-bond acceptors (Lipinski definition) is 2. The predicted octanol–water partition coefficient (Wildman–Crippen LogP) is 2.42. The molecule has 0 saturated heterocycles. The van der Waals surface area contributed by atoms with Crippen LogP contribution in [0.3, 0.4) is 0 Å². The summed E-state index contributed by atoms with van der Waals surface area (Å²) in [6, 6.07) is 8.51. The zero-order chi connectivity index (χ0) is 10.6. The molecule has 76 valence electrons. The molecular weight excluding hydrogens is 196 g/mol. The first-order valence-corrected chi connectivity index (χ1v) is 6.05. The third kappa shape index (κ3) is 2.23. The van der Waals surface area contributed by atoms with Crippen LogP contribution in [0.4, 0.5) is 0 Å². The maximum atomic E-state index is 11.9. The number of sulfone groups is 1. The lowest BCUT2D eigenvalue weighted by Gasteiger charge is -2.07. The van der Waals surface area contributed by atoms with Crippen LogP contribution in [0.1, 0.15) is 13.8 Å². The average molecular weight is 210 g/mol. The monoisotopic (exact) mass is 210 g/mol. The van der Waals surface area contributed by atoms with Crippen molar-refractivity contribution < 1.29 is 8.42 Å². The summed E-state index contributed by atoms with van der Waals surface area (Å²) < 4.78 is 23.7. The van der Waals surface area contributed by atoms with Crippen molar-refractivity contribution in [3.05, 3.63) is 42.5 Å². The van der Waals surface area contributed by atoms with E-state index in [0.717, 1.165) is 0 Å². The zero-order valence-electron chi connectivity index (χ0n) is 8.34. The summed E-state index contributed by atoms with van der Waals surface area (Å²) in [4.78, 5) is 0.380. The van der Waals surface area contributed by atoms with E-state index in [1.54, 1.807) is 49.4 Å². The second-order valence-corrected chi connectivity index (χ2v) is 5.39. The largest absolute Gasteiger partial charge is 0.223 e. The van der Waals surface area contributed by atoms with Crippen LogP contribution >= 0.6 is 0 Å². The molecule has 0 aliphatic rings. The molecule has 0 aliphatic heterocycles. The molecule has 3 heteroatoms. The second-order valence-electron chi connectivity index (χ2n) is 3.09. The molecule has 1 aromatic carbocycles. The van der Waals surface area contributed by atoms with Crippen molar-refractivity contribution in [2.45, 2.75) is 24.0 Å². The highest BCUT2D eigenvalue weighted by Crippen LogP contribution is 2.15. The summed E-state index contributed by atoms with van der Waals surface area (Å²) in [5.74, 6) is 0. The van der Waals surface area contributed by atoms with Crippen LogP contribution < -0.4 is 0 Å². The zero-order valence-corrected chi connectivity index (χ0v) is 9.16. The molecule has 1 rings (SSSR count). The summed E-state index contributed by atoms with van der Waals surface area (Å²) in [5, 5.41) is -0.463. The van der Waals surface area contributed by atoms with Crippen molar-refractivity contribution in [2.24, 2.45) is 0 Å². The highest BCUT2D eigenvalue weighted by atomic mass is 32.2. The summed E-state index contributed by atoms with van der Waals surface area (Å²) in [6.07, 6.45) is 3.44. The Hall–Kier alpha value is -1.09. The van der Waals surface area contributed by atoms with Crippen LogP contribution in [0.15, 0.2) is 47.4 Å². The van der Waals surface area contributed by atoms with E-state index in [9.17, 15) is 8.42 Å². The van der Waals surface area contributed by atoms with E-state index in [-0.39, 0.29) is 0 Å². The smallest absolute Gasteiger partial charge is 0.184 e. The minimum absolute atomic E-state index is 0.380. The summed E-state index contributed by atoms with van der Waals surface area (Å²) >= 11 is 0. The quantitative estimate of drug-likeness (QED) is 0.718. The number of allylic oxidation sites excluding steroid dienone is 1. The molecule has 0 radical (unpaired) electrons. The van der Waals surface area contributed by atoms with Gasteiger partial charge in [0.25, 0.3) is 0 Å². The van der Waals surface area contributed by atoms with E-state index < -0.39 is 15.1 Å². The van der Waals surface area contributed by atoms with Crippen LogP contribution in [0.25, 0.3) is 0 Å². The van der Waals surface area contributed by atoms with Crippen LogP contribution in [-0.2, 0) is 9.84 Å². The first kappa shape index (κ1) is 11.0. The van der Waals surface area contributed by atoms with Gasteiger partial charge < -0.3 is 0 Å². The van der Waals surface area contributed by atoms with Gasteiger partial charge in [-0.05, 0) is 26.0 Å². The van der Waals surface area contributed by atoms with Gasteiger partial charge in [-0.2, -0.15) is 0 Å². The highest BCUT2D eigenvalue weighted by Gasteiger charge is 2.19. The summed E-state index contributed by atoms with van der Waals surface area (Å²) in [5.41, 5.74) is 0. The Morgan fingerprint density at radius 2 is 1.79 bits per heavy atom. The van der Waals surface area contributed by atoms with Gasteiger partial charge in [-0.15, -0.1) is 0 Å². The van der Waals surface area contributed by atoms with Crippen molar-refractivity contribution >= 4 is 9.84 Å². The van der Waals surface area contributed by atoms with E-state index in [4.69, 9.17) is 0 Å². The Morgan fingerprint density at radius 1 is 1.21 bits per heavy atom. The van der Waals surface area contributed by atoms with Crippen molar-refractivity contribution in [2.75, 3.05) is 0 Å². The average Bonchev–Trinajstić information content (AvgIpc) is 2.19. The molecule has 0 fully saturated rings. The molecular formula is C11H14O2S. The molecule has 0 bridgehead atoms. The lowest BCUT2D eigenvalue weighted by atomic mass is 10.4. The maximum absolute atomic E-state index is 11.9. The van der Waals surface area contributed by atoms with Crippen LogP contribution in [0.5, 0.6) is 0 Å². The molecule has 0 aliphatic carbocycles. The fourth-order valence-corrected chi connectivity index (χ4v) is 2.53. The van der Waals surface area contributed by atoms with Crippen molar-refractivity contribution in [3.8, 4) is 0 Å². The Labute approximate surface area is 85.2 Å². The fourth-order valence-electron chi connectivity index (χ4n) is 1.20. The lowest BCUT2D eigenvalue weighted by molar-refractivity contribution is 0.591. The molecule has 0 heterocycles. The minimum Gasteiger partial charge on any atom is -0.223 e. The number of hydrogen-bond donors (Lipinski definition) is 0. The number of rotatable bonds is 3. The third-order valence-corrected chi connectivity index (χ3v) is 4.09. The molecule has 2 nitrogen and oxygen atoms in total. The van der Waals surface area contributed by atoms with E-state index in [0.29, 0.717) is 4.90 Å². The molecule has 1 aromatic rings. The van der Waals surface area contributed by atoms with Gasteiger partial charge in [0.1, 0.15) is 0 Å². The SMILES string of the molecule is C/C=C\C(C)S(=O)(=O)c1ccccc1. The lowest BCUT2D eigenvalue weighted by Crippen LogP contribution is -2.15. The van der Waals surface area contributed by atoms with Gasteiger partial charge in [0.2, 0.25) is 0 Å². The highest BCUT2D eigenvalue weighted by molar-refractivity contribution is 7.92. The Kier molecular flexibility index (Phi) is 3.47. The van der Waals surface area contributed by atoms with Crippen LogP contribution in [-0.4, -0.2) is 13.7 Å². The molecule has 1 atom stereocenters. The fraction of sp³-hybridized carbons (Fsp3) is 0.273. The first-order chi connectivity index (χ1) is 6.59. The molecule has 1 unspecified atom stereocenters. The summed E-state index contributed by atoms with van der Waals surface area (Å²) in [7, 11) is -3.19. The Bertz CT molecular complexity index is 404. The summed E-state index contributed by atoms with van der Waals surface area (Å²) in [6.45, 7) is 3.50.